The predicted octanol–water partition coefficient (Wildman–Crippen LogP) is 3.26. The van der Waals surface area contributed by atoms with E-state index in [-0.39, 0.29) is 6.61 Å². The van der Waals surface area contributed by atoms with Crippen molar-refractivity contribution in [3.8, 4) is 11.5 Å². The summed E-state index contributed by atoms with van der Waals surface area (Å²) in [5.41, 5.74) is 0. The molecule has 0 aliphatic heterocycles. The van der Waals surface area contributed by atoms with Crippen molar-refractivity contribution in [2.45, 2.75) is 6.92 Å². The number of carbonyl (C=O) groups excluding carboxylic acids is 1. The highest BCUT2D eigenvalue weighted by molar-refractivity contribution is 5.66. The third kappa shape index (κ3) is 6.24. The number of carbonyl (C=O) groups is 1. The molecule has 0 amide bonds. The fraction of sp³-hybridized carbons (Fsp3) is 0.133. The van der Waals surface area contributed by atoms with Gasteiger partial charge in [-0.05, 0) is 31.2 Å². The van der Waals surface area contributed by atoms with Crippen LogP contribution < -0.4 is 9.47 Å². The van der Waals surface area contributed by atoms with Crippen molar-refractivity contribution < 1.29 is 19.4 Å². The summed E-state index contributed by atoms with van der Waals surface area (Å²) in [6.07, 6.45) is -0.739. The molecular formula is C15H16O4. The Labute approximate surface area is 112 Å². The van der Waals surface area contributed by atoms with E-state index in [4.69, 9.17) is 14.6 Å². The van der Waals surface area contributed by atoms with Gasteiger partial charge in [0.2, 0.25) is 0 Å². The number of rotatable bonds is 2. The van der Waals surface area contributed by atoms with Crippen molar-refractivity contribution in [1.29, 1.82) is 0 Å². The smallest absolute Gasteiger partial charge is 0.397 e. The molecule has 0 aliphatic carbocycles. The number of hydrogen-bond acceptors (Lipinski definition) is 4. The number of ether oxygens (including phenoxy) is 2. The van der Waals surface area contributed by atoms with Crippen molar-refractivity contribution in [2.75, 3.05) is 6.61 Å². The molecule has 0 fully saturated rings. The molecule has 4 heteroatoms. The zero-order valence-corrected chi connectivity index (χ0v) is 10.7. The first-order valence-electron chi connectivity index (χ1n) is 5.87. The van der Waals surface area contributed by atoms with E-state index in [9.17, 15) is 4.79 Å². The summed E-state index contributed by atoms with van der Waals surface area (Å²) < 4.78 is 9.91. The fourth-order valence-corrected chi connectivity index (χ4v) is 1.19. The van der Waals surface area contributed by atoms with E-state index in [1.54, 1.807) is 55.5 Å². The first kappa shape index (κ1) is 14.7. The van der Waals surface area contributed by atoms with Gasteiger partial charge in [0.1, 0.15) is 11.5 Å². The van der Waals surface area contributed by atoms with Crippen molar-refractivity contribution >= 4 is 6.16 Å². The lowest BCUT2D eigenvalue weighted by atomic mass is 10.3. The zero-order valence-electron chi connectivity index (χ0n) is 10.7. The van der Waals surface area contributed by atoms with Gasteiger partial charge in [0.05, 0.1) is 0 Å². The highest BCUT2D eigenvalue weighted by atomic mass is 16.7. The Morgan fingerprint density at radius 2 is 1.21 bits per heavy atom. The number of para-hydroxylation sites is 2. The van der Waals surface area contributed by atoms with E-state index in [1.807, 2.05) is 12.1 Å². The van der Waals surface area contributed by atoms with Crippen LogP contribution in [0.4, 0.5) is 4.79 Å². The van der Waals surface area contributed by atoms with Gasteiger partial charge in [-0.25, -0.2) is 4.79 Å². The third-order valence-electron chi connectivity index (χ3n) is 1.89. The molecule has 19 heavy (non-hydrogen) atoms. The van der Waals surface area contributed by atoms with Gasteiger partial charge in [-0.2, -0.15) is 0 Å². The van der Waals surface area contributed by atoms with Crippen LogP contribution in [0.5, 0.6) is 11.5 Å². The third-order valence-corrected chi connectivity index (χ3v) is 1.89. The molecule has 2 rings (SSSR count). The summed E-state index contributed by atoms with van der Waals surface area (Å²) in [5.74, 6) is 0.923. The minimum Gasteiger partial charge on any atom is -0.397 e. The quantitative estimate of drug-likeness (QED) is 0.665. The molecule has 0 aromatic heterocycles. The van der Waals surface area contributed by atoms with Gasteiger partial charge in [-0.3, -0.25) is 0 Å². The molecule has 0 aliphatic rings. The maximum atomic E-state index is 11.3. The molecule has 0 bridgehead atoms. The van der Waals surface area contributed by atoms with E-state index in [0.717, 1.165) is 0 Å². The molecule has 4 nitrogen and oxygen atoms in total. The number of hydrogen-bond donors (Lipinski definition) is 1. The maximum absolute atomic E-state index is 11.3. The van der Waals surface area contributed by atoms with E-state index >= 15 is 0 Å². The van der Waals surface area contributed by atoms with Crippen molar-refractivity contribution in [3.63, 3.8) is 0 Å². The summed E-state index contributed by atoms with van der Waals surface area (Å²) in [4.78, 5) is 11.3. The maximum Gasteiger partial charge on any atom is 0.519 e. The average molecular weight is 260 g/mol. The lowest BCUT2D eigenvalue weighted by molar-refractivity contribution is 0.152. The van der Waals surface area contributed by atoms with Crippen molar-refractivity contribution in [2.24, 2.45) is 0 Å². The van der Waals surface area contributed by atoms with Crippen LogP contribution in [0.1, 0.15) is 6.92 Å². The highest BCUT2D eigenvalue weighted by Gasteiger charge is 2.06. The monoisotopic (exact) mass is 260 g/mol. The van der Waals surface area contributed by atoms with Crippen LogP contribution in [0.2, 0.25) is 0 Å². The zero-order chi connectivity index (χ0) is 13.9. The van der Waals surface area contributed by atoms with Gasteiger partial charge in [0, 0.05) is 6.61 Å². The predicted molar refractivity (Wildman–Crippen MR) is 72.3 cm³/mol. The number of aliphatic hydroxyl groups is 1. The molecule has 0 saturated carbocycles. The largest absolute Gasteiger partial charge is 0.519 e. The Bertz CT molecular complexity index is 425. The molecule has 2 aromatic carbocycles. The minimum atomic E-state index is -0.739. The van der Waals surface area contributed by atoms with Crippen LogP contribution in [-0.4, -0.2) is 17.9 Å². The van der Waals surface area contributed by atoms with Crippen LogP contribution in [0.25, 0.3) is 0 Å². The minimum absolute atomic E-state index is 0.250. The first-order chi connectivity index (χ1) is 9.26. The molecule has 0 heterocycles. The van der Waals surface area contributed by atoms with Crippen LogP contribution in [0, 0.1) is 0 Å². The van der Waals surface area contributed by atoms with Crippen LogP contribution in [0.15, 0.2) is 60.7 Å². The lowest BCUT2D eigenvalue weighted by Crippen LogP contribution is -2.13. The normalized spacial score (nSPS) is 8.95. The Morgan fingerprint density at radius 1 is 0.895 bits per heavy atom. The second-order valence-corrected chi connectivity index (χ2v) is 3.40. The van der Waals surface area contributed by atoms with E-state index in [2.05, 4.69) is 0 Å². The lowest BCUT2D eigenvalue weighted by Gasteiger charge is -2.04. The van der Waals surface area contributed by atoms with Crippen LogP contribution in [0.3, 0.4) is 0 Å². The standard InChI is InChI=1S/C13H10O3.C2H6O/c14-13(15-11-7-3-1-4-8-11)16-12-9-5-2-6-10-12;1-2-3/h1-10H;3H,2H2,1H3. The summed E-state index contributed by atoms with van der Waals surface area (Å²) in [5, 5.41) is 7.57. The van der Waals surface area contributed by atoms with Gasteiger partial charge >= 0.3 is 6.16 Å². The molecule has 0 atom stereocenters. The summed E-state index contributed by atoms with van der Waals surface area (Å²) >= 11 is 0. The summed E-state index contributed by atoms with van der Waals surface area (Å²) in [7, 11) is 0. The van der Waals surface area contributed by atoms with E-state index in [1.165, 1.54) is 0 Å². The van der Waals surface area contributed by atoms with Crippen molar-refractivity contribution in [1.82, 2.24) is 0 Å². The molecular weight excluding hydrogens is 244 g/mol. The fourth-order valence-electron chi connectivity index (χ4n) is 1.19. The number of aliphatic hydroxyl groups excluding tert-OH is 1. The van der Waals surface area contributed by atoms with Crippen LogP contribution >= 0.6 is 0 Å². The summed E-state index contributed by atoms with van der Waals surface area (Å²) in [6.45, 7) is 1.93. The Hall–Kier alpha value is -2.33. The molecule has 0 saturated heterocycles. The summed E-state index contributed by atoms with van der Waals surface area (Å²) in [6, 6.07) is 17.6. The SMILES string of the molecule is CCO.O=C(Oc1ccccc1)Oc1ccccc1. The molecule has 0 unspecified atom stereocenters. The molecule has 2 aromatic rings. The molecule has 0 spiro atoms. The van der Waals surface area contributed by atoms with E-state index in [0.29, 0.717) is 11.5 Å². The first-order valence-corrected chi connectivity index (χ1v) is 5.87. The Morgan fingerprint density at radius 3 is 1.53 bits per heavy atom. The van der Waals surface area contributed by atoms with Gasteiger partial charge in [0.15, 0.2) is 0 Å². The van der Waals surface area contributed by atoms with Gasteiger partial charge < -0.3 is 14.6 Å². The van der Waals surface area contributed by atoms with E-state index < -0.39 is 6.16 Å². The Kier molecular flexibility index (Phi) is 6.76. The second kappa shape index (κ2) is 8.72. The van der Waals surface area contributed by atoms with Gasteiger partial charge in [-0.1, -0.05) is 36.4 Å². The van der Waals surface area contributed by atoms with Gasteiger partial charge in [-0.15, -0.1) is 0 Å². The van der Waals surface area contributed by atoms with Crippen LogP contribution in [-0.2, 0) is 0 Å². The molecule has 0 radical (unpaired) electrons. The average Bonchev–Trinajstić information content (AvgIpc) is 2.41. The molecule has 1 N–H and O–H groups in total. The highest BCUT2D eigenvalue weighted by Crippen LogP contribution is 2.12. The number of benzene rings is 2. The van der Waals surface area contributed by atoms with Gasteiger partial charge in [0.25, 0.3) is 0 Å². The topological polar surface area (TPSA) is 55.8 Å². The van der Waals surface area contributed by atoms with Crippen molar-refractivity contribution in [3.05, 3.63) is 60.7 Å². The Balaban J connectivity index is 0.000000550. The second-order valence-electron chi connectivity index (χ2n) is 3.40. The molecule has 100 valence electrons.